The first-order valence-electron chi connectivity index (χ1n) is 9.95. The van der Waals surface area contributed by atoms with Gasteiger partial charge in [0.15, 0.2) is 0 Å². The highest BCUT2D eigenvalue weighted by molar-refractivity contribution is 6.32. The van der Waals surface area contributed by atoms with Crippen molar-refractivity contribution in [3.63, 3.8) is 0 Å². The van der Waals surface area contributed by atoms with Gasteiger partial charge in [-0.2, -0.15) is 13.2 Å². The van der Waals surface area contributed by atoms with E-state index in [1.165, 1.54) is 18.2 Å². The Kier molecular flexibility index (Phi) is 8.62. The van der Waals surface area contributed by atoms with Gasteiger partial charge in [0.2, 0.25) is 0 Å². The third kappa shape index (κ3) is 7.98. The second-order valence-electron chi connectivity index (χ2n) is 7.65. The Morgan fingerprint density at radius 3 is 2.16 bits per heavy atom. The van der Waals surface area contributed by atoms with Crippen molar-refractivity contribution in [3.8, 4) is 11.5 Å². The van der Waals surface area contributed by atoms with Crippen LogP contribution in [0.1, 0.15) is 37.8 Å². The number of hydrogen-bond acceptors (Lipinski definition) is 3. The van der Waals surface area contributed by atoms with E-state index in [2.05, 4.69) is 0 Å². The lowest BCUT2D eigenvalue weighted by Gasteiger charge is -2.23. The molecule has 2 rings (SSSR count). The Balaban J connectivity index is 1.76. The second-order valence-corrected chi connectivity index (χ2v) is 8.05. The average molecular weight is 459 g/mol. The SMILES string of the molecule is CC[C@@](C)(Cc1ccc(OCCCOc2ccc(CC(F)(F)F)cc2Cl)cc1)C(=O)O. The van der Waals surface area contributed by atoms with Crippen LogP contribution in [-0.2, 0) is 17.6 Å². The minimum absolute atomic E-state index is 0.0826. The molecule has 0 bridgehead atoms. The minimum Gasteiger partial charge on any atom is -0.493 e. The van der Waals surface area contributed by atoms with Crippen LogP contribution in [0.25, 0.3) is 0 Å². The predicted octanol–water partition coefficient (Wildman–Crippen LogP) is 6.34. The van der Waals surface area contributed by atoms with E-state index < -0.39 is 24.0 Å². The zero-order chi connectivity index (χ0) is 23.1. The maximum Gasteiger partial charge on any atom is 0.393 e. The van der Waals surface area contributed by atoms with Crippen LogP contribution in [-0.4, -0.2) is 30.5 Å². The number of halogens is 4. The third-order valence-corrected chi connectivity index (χ3v) is 5.33. The molecule has 0 aliphatic carbocycles. The van der Waals surface area contributed by atoms with Gasteiger partial charge in [0.1, 0.15) is 11.5 Å². The fourth-order valence-electron chi connectivity index (χ4n) is 2.94. The van der Waals surface area contributed by atoms with Gasteiger partial charge in [0, 0.05) is 6.42 Å². The van der Waals surface area contributed by atoms with E-state index in [-0.39, 0.29) is 10.6 Å². The summed E-state index contributed by atoms with van der Waals surface area (Å²) < 4.78 is 48.5. The maximum atomic E-state index is 12.4. The molecule has 0 fully saturated rings. The lowest BCUT2D eigenvalue weighted by molar-refractivity contribution is -0.148. The van der Waals surface area contributed by atoms with E-state index in [4.69, 9.17) is 21.1 Å². The molecule has 170 valence electrons. The zero-order valence-corrected chi connectivity index (χ0v) is 18.2. The molecule has 0 saturated carbocycles. The topological polar surface area (TPSA) is 55.8 Å². The van der Waals surface area contributed by atoms with E-state index >= 15 is 0 Å². The van der Waals surface area contributed by atoms with Crippen molar-refractivity contribution in [3.05, 3.63) is 58.6 Å². The quantitative estimate of drug-likeness (QED) is 0.399. The molecule has 0 aliphatic rings. The minimum atomic E-state index is -4.28. The summed E-state index contributed by atoms with van der Waals surface area (Å²) in [5.74, 6) is 0.173. The number of carboxylic acids is 1. The standard InChI is InChI=1S/C23H26ClF3O4/c1-3-22(2,21(28)29)14-16-5-8-18(9-6-16)30-11-4-12-31-20-10-7-17(13-19(20)24)15-23(25,26)27/h5-10,13H,3-4,11-12,14-15H2,1-2H3,(H,28,29)/t22-/m0/s1. The van der Waals surface area contributed by atoms with Crippen LogP contribution in [0.3, 0.4) is 0 Å². The van der Waals surface area contributed by atoms with Crippen LogP contribution >= 0.6 is 11.6 Å². The molecular formula is C23H26ClF3O4. The molecule has 2 aromatic rings. The molecular weight excluding hydrogens is 433 g/mol. The van der Waals surface area contributed by atoms with Crippen molar-refractivity contribution < 1.29 is 32.5 Å². The predicted molar refractivity (Wildman–Crippen MR) is 113 cm³/mol. The first-order valence-corrected chi connectivity index (χ1v) is 10.3. The van der Waals surface area contributed by atoms with Crippen LogP contribution in [0.5, 0.6) is 11.5 Å². The lowest BCUT2D eigenvalue weighted by Crippen LogP contribution is -2.29. The number of carboxylic acid groups (broad SMARTS) is 1. The van der Waals surface area contributed by atoms with Gasteiger partial charge >= 0.3 is 12.1 Å². The van der Waals surface area contributed by atoms with Crippen molar-refractivity contribution in [1.82, 2.24) is 0 Å². The molecule has 0 saturated heterocycles. The van der Waals surface area contributed by atoms with Gasteiger partial charge in [0.25, 0.3) is 0 Å². The van der Waals surface area contributed by atoms with E-state index in [1.54, 1.807) is 19.1 Å². The first-order chi connectivity index (χ1) is 14.5. The Morgan fingerprint density at radius 2 is 1.61 bits per heavy atom. The molecule has 0 aliphatic heterocycles. The van der Waals surface area contributed by atoms with Gasteiger partial charge < -0.3 is 14.6 Å². The van der Waals surface area contributed by atoms with Crippen LogP contribution in [0.2, 0.25) is 5.02 Å². The normalized spacial score (nSPS) is 13.5. The number of aliphatic carboxylic acids is 1. The maximum absolute atomic E-state index is 12.4. The fraction of sp³-hybridized carbons (Fsp3) is 0.435. The Bertz CT molecular complexity index is 868. The smallest absolute Gasteiger partial charge is 0.393 e. The third-order valence-electron chi connectivity index (χ3n) is 5.03. The summed E-state index contributed by atoms with van der Waals surface area (Å²) in [6, 6.07) is 11.3. The highest BCUT2D eigenvalue weighted by atomic mass is 35.5. The molecule has 4 nitrogen and oxygen atoms in total. The monoisotopic (exact) mass is 458 g/mol. The number of benzene rings is 2. The van der Waals surface area contributed by atoms with Gasteiger partial charge in [0.05, 0.1) is 30.1 Å². The molecule has 0 heterocycles. The van der Waals surface area contributed by atoms with Crippen LogP contribution in [0.15, 0.2) is 42.5 Å². The molecule has 0 amide bonds. The summed E-state index contributed by atoms with van der Waals surface area (Å²) in [6.07, 6.45) is -3.79. The molecule has 8 heteroatoms. The van der Waals surface area contributed by atoms with Crippen LogP contribution in [0.4, 0.5) is 13.2 Å². The highest BCUT2D eigenvalue weighted by Crippen LogP contribution is 2.29. The van der Waals surface area contributed by atoms with Gasteiger partial charge in [-0.3, -0.25) is 4.79 Å². The molecule has 2 aromatic carbocycles. The van der Waals surface area contributed by atoms with E-state index in [0.717, 1.165) is 5.56 Å². The van der Waals surface area contributed by atoms with Crippen molar-refractivity contribution >= 4 is 17.6 Å². The van der Waals surface area contributed by atoms with E-state index in [0.29, 0.717) is 44.0 Å². The number of hydrogen-bond donors (Lipinski definition) is 1. The summed E-state index contributed by atoms with van der Waals surface area (Å²) in [5.41, 5.74) is 0.205. The van der Waals surface area contributed by atoms with E-state index in [9.17, 15) is 23.1 Å². The number of alkyl halides is 3. The van der Waals surface area contributed by atoms with Crippen molar-refractivity contribution in [1.29, 1.82) is 0 Å². The molecule has 1 atom stereocenters. The van der Waals surface area contributed by atoms with Crippen molar-refractivity contribution in [2.45, 2.75) is 45.7 Å². The second kappa shape index (κ2) is 10.8. The number of ether oxygens (including phenoxy) is 2. The number of carbonyl (C=O) groups is 1. The highest BCUT2D eigenvalue weighted by Gasteiger charge is 2.31. The van der Waals surface area contributed by atoms with E-state index in [1.807, 2.05) is 19.1 Å². The fourth-order valence-corrected chi connectivity index (χ4v) is 3.20. The first kappa shape index (κ1) is 24.9. The Hall–Kier alpha value is -2.41. The number of rotatable bonds is 11. The summed E-state index contributed by atoms with van der Waals surface area (Å²) in [4.78, 5) is 11.4. The molecule has 0 aromatic heterocycles. The summed E-state index contributed by atoms with van der Waals surface area (Å²) in [7, 11) is 0. The summed E-state index contributed by atoms with van der Waals surface area (Å²) >= 11 is 6.00. The van der Waals surface area contributed by atoms with Gasteiger partial charge in [-0.1, -0.05) is 36.7 Å². The molecule has 0 radical (unpaired) electrons. The zero-order valence-electron chi connectivity index (χ0n) is 17.5. The van der Waals surface area contributed by atoms with Crippen molar-refractivity contribution in [2.24, 2.45) is 5.41 Å². The average Bonchev–Trinajstić information content (AvgIpc) is 2.69. The van der Waals surface area contributed by atoms with Gasteiger partial charge in [-0.25, -0.2) is 0 Å². The van der Waals surface area contributed by atoms with Crippen molar-refractivity contribution in [2.75, 3.05) is 13.2 Å². The molecule has 0 unspecified atom stereocenters. The van der Waals surface area contributed by atoms with Crippen LogP contribution < -0.4 is 9.47 Å². The van der Waals surface area contributed by atoms with Crippen LogP contribution in [0, 0.1) is 5.41 Å². The summed E-state index contributed by atoms with van der Waals surface area (Å²) in [6.45, 7) is 4.27. The van der Waals surface area contributed by atoms with Gasteiger partial charge in [-0.05, 0) is 55.2 Å². The lowest BCUT2D eigenvalue weighted by atomic mass is 9.81. The largest absolute Gasteiger partial charge is 0.493 e. The molecule has 1 N–H and O–H groups in total. The Morgan fingerprint density at radius 1 is 1.00 bits per heavy atom. The Labute approximate surface area is 184 Å². The van der Waals surface area contributed by atoms with Gasteiger partial charge in [-0.15, -0.1) is 0 Å². The molecule has 31 heavy (non-hydrogen) atoms. The summed E-state index contributed by atoms with van der Waals surface area (Å²) in [5, 5.41) is 9.52. The molecule has 0 spiro atoms.